The maximum atomic E-state index is 11.7. The zero-order valence-corrected chi connectivity index (χ0v) is 12.5. The number of sulfone groups is 1. The average molecular weight is 276 g/mol. The van der Waals surface area contributed by atoms with Gasteiger partial charge in [-0.1, -0.05) is 0 Å². The van der Waals surface area contributed by atoms with Crippen LogP contribution in [-0.2, 0) is 19.4 Å². The van der Waals surface area contributed by atoms with Crippen molar-refractivity contribution in [1.82, 2.24) is 0 Å². The summed E-state index contributed by atoms with van der Waals surface area (Å²) in [5.41, 5.74) is -0.443. The van der Waals surface area contributed by atoms with Crippen molar-refractivity contribution in [2.24, 2.45) is 5.92 Å². The normalized spacial score (nSPS) is 25.8. The first-order chi connectivity index (χ1) is 8.08. The monoisotopic (exact) mass is 276 g/mol. The molecular formula is C13H24O4S. The van der Waals surface area contributed by atoms with E-state index in [2.05, 4.69) is 0 Å². The molecule has 0 unspecified atom stereocenters. The Balaban J connectivity index is 2.38. The lowest BCUT2D eigenvalue weighted by Gasteiger charge is -2.28. The van der Waals surface area contributed by atoms with Gasteiger partial charge in [-0.15, -0.1) is 0 Å². The van der Waals surface area contributed by atoms with Crippen LogP contribution in [0.25, 0.3) is 0 Å². The predicted molar refractivity (Wildman–Crippen MR) is 71.1 cm³/mol. The number of rotatable bonds is 3. The van der Waals surface area contributed by atoms with Crippen LogP contribution in [0.15, 0.2) is 0 Å². The Morgan fingerprint density at radius 1 is 1.17 bits per heavy atom. The van der Waals surface area contributed by atoms with Crippen LogP contribution in [-0.4, -0.2) is 31.5 Å². The van der Waals surface area contributed by atoms with Gasteiger partial charge in [0.1, 0.15) is 15.4 Å². The molecule has 0 radical (unpaired) electrons. The standard InChI is InChI=1S/C13H24O4S/c1-13(2,3)17-12(14)9-10-5-7-11(8-6-10)18(4,15)16/h10-11H,5-9H2,1-4H3. The van der Waals surface area contributed by atoms with Gasteiger partial charge in [0.25, 0.3) is 0 Å². The van der Waals surface area contributed by atoms with Crippen LogP contribution in [0.3, 0.4) is 0 Å². The van der Waals surface area contributed by atoms with Gasteiger partial charge in [-0.05, 0) is 52.4 Å². The van der Waals surface area contributed by atoms with E-state index in [4.69, 9.17) is 4.74 Å². The molecule has 18 heavy (non-hydrogen) atoms. The number of carbonyl (C=O) groups is 1. The highest BCUT2D eigenvalue weighted by Gasteiger charge is 2.29. The SMILES string of the molecule is CC(C)(C)OC(=O)CC1CCC(S(C)(=O)=O)CC1. The van der Waals surface area contributed by atoms with E-state index >= 15 is 0 Å². The van der Waals surface area contributed by atoms with Crippen molar-refractivity contribution in [3.05, 3.63) is 0 Å². The van der Waals surface area contributed by atoms with E-state index in [1.54, 1.807) is 0 Å². The van der Waals surface area contributed by atoms with Crippen molar-refractivity contribution >= 4 is 15.8 Å². The lowest BCUT2D eigenvalue weighted by atomic mass is 9.86. The zero-order chi connectivity index (χ0) is 14.0. The molecule has 0 aromatic rings. The van der Waals surface area contributed by atoms with Crippen LogP contribution in [0.2, 0.25) is 0 Å². The van der Waals surface area contributed by atoms with Crippen LogP contribution in [0.1, 0.15) is 52.9 Å². The summed E-state index contributed by atoms with van der Waals surface area (Å²) in [5.74, 6) is 0.100. The fourth-order valence-electron chi connectivity index (χ4n) is 2.38. The number of hydrogen-bond acceptors (Lipinski definition) is 4. The highest BCUT2D eigenvalue weighted by Crippen LogP contribution is 2.30. The number of ether oxygens (including phenoxy) is 1. The Kier molecular flexibility index (Phi) is 4.81. The summed E-state index contributed by atoms with van der Waals surface area (Å²) in [6.45, 7) is 5.56. The van der Waals surface area contributed by atoms with E-state index in [9.17, 15) is 13.2 Å². The topological polar surface area (TPSA) is 60.4 Å². The Bertz CT molecular complexity index is 384. The summed E-state index contributed by atoms with van der Waals surface area (Å²) in [6.07, 6.45) is 4.66. The van der Waals surface area contributed by atoms with Crippen LogP contribution in [0, 0.1) is 5.92 Å². The molecule has 1 rings (SSSR count). The minimum absolute atomic E-state index is 0.176. The molecule has 0 aromatic carbocycles. The van der Waals surface area contributed by atoms with Crippen molar-refractivity contribution < 1.29 is 17.9 Å². The minimum Gasteiger partial charge on any atom is -0.460 e. The Labute approximate surface area is 110 Å². The molecule has 1 aliphatic carbocycles. The van der Waals surface area contributed by atoms with Crippen molar-refractivity contribution in [2.45, 2.75) is 63.7 Å². The Morgan fingerprint density at radius 3 is 2.06 bits per heavy atom. The quantitative estimate of drug-likeness (QED) is 0.742. The fourth-order valence-corrected chi connectivity index (χ4v) is 3.51. The van der Waals surface area contributed by atoms with Crippen molar-refractivity contribution in [3.8, 4) is 0 Å². The highest BCUT2D eigenvalue weighted by molar-refractivity contribution is 7.91. The molecule has 106 valence electrons. The van der Waals surface area contributed by atoms with E-state index in [-0.39, 0.29) is 17.1 Å². The van der Waals surface area contributed by atoms with Crippen molar-refractivity contribution in [3.63, 3.8) is 0 Å². The van der Waals surface area contributed by atoms with Gasteiger partial charge in [0.15, 0.2) is 0 Å². The third-order valence-corrected chi connectivity index (χ3v) is 4.96. The van der Waals surface area contributed by atoms with Gasteiger partial charge >= 0.3 is 5.97 Å². The molecule has 0 atom stereocenters. The first-order valence-electron chi connectivity index (χ1n) is 6.48. The molecule has 1 saturated carbocycles. The summed E-state index contributed by atoms with van der Waals surface area (Å²) >= 11 is 0. The summed E-state index contributed by atoms with van der Waals surface area (Å²) in [7, 11) is -2.92. The van der Waals surface area contributed by atoms with Crippen LogP contribution < -0.4 is 0 Å². The molecule has 0 spiro atoms. The molecule has 1 aliphatic rings. The zero-order valence-electron chi connectivity index (χ0n) is 11.7. The van der Waals surface area contributed by atoms with Gasteiger partial charge in [-0.3, -0.25) is 4.79 Å². The Hall–Kier alpha value is -0.580. The third kappa shape index (κ3) is 5.38. The molecule has 0 aliphatic heterocycles. The second-order valence-corrected chi connectivity index (χ2v) is 8.59. The van der Waals surface area contributed by atoms with E-state index in [0.29, 0.717) is 19.3 Å². The molecular weight excluding hydrogens is 252 g/mol. The van der Waals surface area contributed by atoms with Crippen LogP contribution in [0.5, 0.6) is 0 Å². The predicted octanol–water partition coefficient (Wildman–Crippen LogP) is 2.32. The molecule has 0 N–H and O–H groups in total. The summed E-state index contributed by atoms with van der Waals surface area (Å²) < 4.78 is 28.1. The minimum atomic E-state index is -2.92. The molecule has 0 bridgehead atoms. The third-order valence-electron chi connectivity index (χ3n) is 3.27. The molecule has 0 aromatic heterocycles. The lowest BCUT2D eigenvalue weighted by Crippen LogP contribution is -2.29. The average Bonchev–Trinajstić information content (AvgIpc) is 2.13. The molecule has 1 fully saturated rings. The van der Waals surface area contributed by atoms with Gasteiger partial charge in [0.05, 0.1) is 5.25 Å². The molecule has 0 saturated heterocycles. The smallest absolute Gasteiger partial charge is 0.306 e. The molecule has 5 heteroatoms. The summed E-state index contributed by atoms with van der Waals surface area (Å²) in [6, 6.07) is 0. The first-order valence-corrected chi connectivity index (χ1v) is 8.44. The van der Waals surface area contributed by atoms with E-state index in [1.165, 1.54) is 6.26 Å². The number of hydrogen-bond donors (Lipinski definition) is 0. The van der Waals surface area contributed by atoms with Crippen LogP contribution in [0.4, 0.5) is 0 Å². The fraction of sp³-hybridized carbons (Fsp3) is 0.923. The van der Waals surface area contributed by atoms with E-state index in [0.717, 1.165) is 12.8 Å². The van der Waals surface area contributed by atoms with Gasteiger partial charge in [0.2, 0.25) is 0 Å². The summed E-state index contributed by atoms with van der Waals surface area (Å²) in [4.78, 5) is 11.7. The molecule has 4 nitrogen and oxygen atoms in total. The Morgan fingerprint density at radius 2 is 1.67 bits per heavy atom. The van der Waals surface area contributed by atoms with Crippen molar-refractivity contribution in [2.75, 3.05) is 6.26 Å². The van der Waals surface area contributed by atoms with Gasteiger partial charge in [-0.2, -0.15) is 0 Å². The maximum Gasteiger partial charge on any atom is 0.306 e. The number of carbonyl (C=O) groups excluding carboxylic acids is 1. The van der Waals surface area contributed by atoms with Gasteiger partial charge in [0, 0.05) is 12.7 Å². The largest absolute Gasteiger partial charge is 0.460 e. The van der Waals surface area contributed by atoms with Crippen LogP contribution >= 0.6 is 0 Å². The second-order valence-electron chi connectivity index (χ2n) is 6.26. The molecule has 0 heterocycles. The first kappa shape index (κ1) is 15.5. The maximum absolute atomic E-state index is 11.7. The van der Waals surface area contributed by atoms with Crippen molar-refractivity contribution in [1.29, 1.82) is 0 Å². The summed E-state index contributed by atoms with van der Waals surface area (Å²) in [5, 5.41) is -0.215. The van der Waals surface area contributed by atoms with E-state index < -0.39 is 15.4 Å². The number of esters is 1. The highest BCUT2D eigenvalue weighted by atomic mass is 32.2. The second kappa shape index (κ2) is 5.59. The molecule has 0 amide bonds. The van der Waals surface area contributed by atoms with Gasteiger partial charge in [-0.25, -0.2) is 8.42 Å². The van der Waals surface area contributed by atoms with E-state index in [1.807, 2.05) is 20.8 Å². The lowest BCUT2D eigenvalue weighted by molar-refractivity contribution is -0.156. The van der Waals surface area contributed by atoms with Gasteiger partial charge < -0.3 is 4.74 Å².